The number of halogens is 3. The lowest BCUT2D eigenvalue weighted by Gasteiger charge is -2.05. The number of thioether (sulfide) groups is 1. The predicted octanol–water partition coefficient (Wildman–Crippen LogP) is 3.00. The highest BCUT2D eigenvalue weighted by Crippen LogP contribution is 2.29. The number of nitrogens with zero attached hydrogens (tertiary/aromatic N) is 6. The van der Waals surface area contributed by atoms with Gasteiger partial charge in [0, 0.05) is 37.2 Å². The molecule has 0 atom stereocenters. The van der Waals surface area contributed by atoms with Crippen molar-refractivity contribution < 1.29 is 17.7 Å². The summed E-state index contributed by atoms with van der Waals surface area (Å²) in [5.41, 5.74) is 0.804. The molecule has 0 amide bonds. The molecule has 3 rings (SSSR count). The van der Waals surface area contributed by atoms with Gasteiger partial charge in [-0.3, -0.25) is 4.98 Å². The highest BCUT2D eigenvalue weighted by molar-refractivity contribution is 7.99. The largest absolute Gasteiger partial charge is 0.451 e. The second kappa shape index (κ2) is 7.21. The molecule has 3 aromatic rings. The molecule has 0 saturated heterocycles. The van der Waals surface area contributed by atoms with Crippen LogP contribution in [0.25, 0.3) is 11.4 Å². The van der Waals surface area contributed by atoms with Gasteiger partial charge in [0.05, 0.1) is 0 Å². The third-order valence-corrected chi connectivity index (χ3v) is 4.37. The van der Waals surface area contributed by atoms with E-state index in [1.165, 1.54) is 18.8 Å². The molecule has 0 N–H and O–H groups in total. The predicted molar refractivity (Wildman–Crippen MR) is 82.6 cm³/mol. The summed E-state index contributed by atoms with van der Waals surface area (Å²) in [5, 5.41) is 10.9. The summed E-state index contributed by atoms with van der Waals surface area (Å²) in [4.78, 5) is 8.20. The average molecular weight is 370 g/mol. The van der Waals surface area contributed by atoms with Crippen LogP contribution in [-0.4, -0.2) is 35.6 Å². The Morgan fingerprint density at radius 3 is 2.64 bits per heavy atom. The van der Waals surface area contributed by atoms with Crippen molar-refractivity contribution in [2.45, 2.75) is 24.2 Å². The Morgan fingerprint density at radius 2 is 1.96 bits per heavy atom. The van der Waals surface area contributed by atoms with Crippen LogP contribution in [0.3, 0.4) is 0 Å². The van der Waals surface area contributed by atoms with Gasteiger partial charge in [-0.1, -0.05) is 16.9 Å². The van der Waals surface area contributed by atoms with Crippen molar-refractivity contribution in [2.75, 3.05) is 5.75 Å². The minimum Gasteiger partial charge on any atom is -0.339 e. The standard InChI is InChI=1S/C14H13F3N6OS/c1-23-12(14(15,16)17)20-21-13(23)25-8-2-3-10-19-11(22-24-10)9-4-6-18-7-5-9/h4-7H,2-3,8H2,1H3. The van der Waals surface area contributed by atoms with E-state index in [2.05, 4.69) is 25.3 Å². The van der Waals surface area contributed by atoms with Crippen molar-refractivity contribution in [1.82, 2.24) is 29.9 Å². The lowest BCUT2D eigenvalue weighted by Crippen LogP contribution is -2.13. The van der Waals surface area contributed by atoms with Gasteiger partial charge < -0.3 is 9.09 Å². The third kappa shape index (κ3) is 4.16. The molecule has 0 unspecified atom stereocenters. The maximum Gasteiger partial charge on any atom is 0.451 e. The Kier molecular flexibility index (Phi) is 5.02. The molecule has 0 saturated carbocycles. The third-order valence-electron chi connectivity index (χ3n) is 3.26. The van der Waals surface area contributed by atoms with Crippen LogP contribution >= 0.6 is 11.8 Å². The van der Waals surface area contributed by atoms with Crippen molar-refractivity contribution in [3.63, 3.8) is 0 Å². The van der Waals surface area contributed by atoms with Crippen LogP contribution in [0.1, 0.15) is 18.1 Å². The Bertz CT molecular complexity index is 833. The summed E-state index contributed by atoms with van der Waals surface area (Å²) in [7, 11) is 1.30. The van der Waals surface area contributed by atoms with Gasteiger partial charge in [0.25, 0.3) is 0 Å². The molecular weight excluding hydrogens is 357 g/mol. The molecule has 25 heavy (non-hydrogen) atoms. The summed E-state index contributed by atoms with van der Waals surface area (Å²) in [6, 6.07) is 3.55. The first kappa shape index (κ1) is 17.4. The van der Waals surface area contributed by atoms with E-state index in [0.29, 0.717) is 30.3 Å². The number of aromatic nitrogens is 6. The molecule has 3 aromatic heterocycles. The zero-order chi connectivity index (χ0) is 17.9. The fourth-order valence-electron chi connectivity index (χ4n) is 2.05. The van der Waals surface area contributed by atoms with Crippen LogP contribution in [0.15, 0.2) is 34.2 Å². The molecule has 7 nitrogen and oxygen atoms in total. The number of rotatable bonds is 6. The molecule has 132 valence electrons. The van der Waals surface area contributed by atoms with Gasteiger partial charge in [-0.25, -0.2) is 0 Å². The molecule has 0 radical (unpaired) electrons. The van der Waals surface area contributed by atoms with Gasteiger partial charge in [0.1, 0.15) is 0 Å². The van der Waals surface area contributed by atoms with Crippen LogP contribution < -0.4 is 0 Å². The monoisotopic (exact) mass is 370 g/mol. The van der Waals surface area contributed by atoms with Crippen molar-refractivity contribution in [3.05, 3.63) is 36.2 Å². The van der Waals surface area contributed by atoms with E-state index in [0.717, 1.165) is 10.1 Å². The first-order chi connectivity index (χ1) is 11.9. The smallest absolute Gasteiger partial charge is 0.339 e. The van der Waals surface area contributed by atoms with Gasteiger partial charge in [-0.2, -0.15) is 18.2 Å². The highest BCUT2D eigenvalue weighted by atomic mass is 32.2. The van der Waals surface area contributed by atoms with Crippen molar-refractivity contribution in [3.8, 4) is 11.4 Å². The quantitative estimate of drug-likeness (QED) is 0.487. The Hall–Kier alpha value is -2.43. The number of aryl methyl sites for hydroxylation is 1. The van der Waals surface area contributed by atoms with E-state index in [1.807, 2.05) is 0 Å². The van der Waals surface area contributed by atoms with E-state index in [-0.39, 0.29) is 5.16 Å². The van der Waals surface area contributed by atoms with E-state index < -0.39 is 12.0 Å². The summed E-state index contributed by atoms with van der Waals surface area (Å²) in [5.74, 6) is 0.500. The Labute approximate surface area is 144 Å². The van der Waals surface area contributed by atoms with E-state index >= 15 is 0 Å². The van der Waals surface area contributed by atoms with Gasteiger partial charge in [0.2, 0.25) is 17.5 Å². The second-order valence-electron chi connectivity index (χ2n) is 5.06. The van der Waals surface area contributed by atoms with E-state index in [1.54, 1.807) is 24.5 Å². The topological polar surface area (TPSA) is 82.5 Å². The minimum atomic E-state index is -4.51. The van der Waals surface area contributed by atoms with E-state index in [9.17, 15) is 13.2 Å². The summed E-state index contributed by atoms with van der Waals surface area (Å²) >= 11 is 1.20. The zero-order valence-electron chi connectivity index (χ0n) is 13.1. The maximum atomic E-state index is 12.6. The SMILES string of the molecule is Cn1c(SCCCc2nc(-c3ccncc3)no2)nnc1C(F)(F)F. The lowest BCUT2D eigenvalue weighted by atomic mass is 10.2. The Morgan fingerprint density at radius 1 is 1.20 bits per heavy atom. The number of hydrogen-bond acceptors (Lipinski definition) is 7. The highest BCUT2D eigenvalue weighted by Gasteiger charge is 2.37. The van der Waals surface area contributed by atoms with Gasteiger partial charge in [0.15, 0.2) is 5.16 Å². The maximum absolute atomic E-state index is 12.6. The first-order valence-electron chi connectivity index (χ1n) is 7.27. The van der Waals surface area contributed by atoms with Crippen molar-refractivity contribution in [1.29, 1.82) is 0 Å². The Balaban J connectivity index is 1.51. The van der Waals surface area contributed by atoms with E-state index in [4.69, 9.17) is 4.52 Å². The number of alkyl halides is 3. The molecule has 0 spiro atoms. The van der Waals surface area contributed by atoms with Crippen molar-refractivity contribution in [2.24, 2.45) is 7.05 Å². The van der Waals surface area contributed by atoms with Gasteiger partial charge >= 0.3 is 6.18 Å². The number of hydrogen-bond donors (Lipinski definition) is 0. The molecule has 0 aliphatic heterocycles. The second-order valence-corrected chi connectivity index (χ2v) is 6.12. The number of pyridine rings is 1. The molecule has 0 aromatic carbocycles. The molecule has 3 heterocycles. The fourth-order valence-corrected chi connectivity index (χ4v) is 2.90. The molecule has 0 aliphatic rings. The summed E-state index contributed by atoms with van der Waals surface area (Å²) in [6.45, 7) is 0. The van der Waals surface area contributed by atoms with Crippen molar-refractivity contribution >= 4 is 11.8 Å². The van der Waals surface area contributed by atoms with Gasteiger partial charge in [-0.15, -0.1) is 10.2 Å². The first-order valence-corrected chi connectivity index (χ1v) is 8.26. The van der Waals surface area contributed by atoms with Crippen LogP contribution in [0.2, 0.25) is 0 Å². The minimum absolute atomic E-state index is 0.218. The average Bonchev–Trinajstić information content (AvgIpc) is 3.19. The zero-order valence-corrected chi connectivity index (χ0v) is 13.9. The van der Waals surface area contributed by atoms with Gasteiger partial charge in [-0.05, 0) is 18.6 Å². The van der Waals surface area contributed by atoms with Crippen LogP contribution in [0.5, 0.6) is 0 Å². The van der Waals surface area contributed by atoms with Crippen LogP contribution in [0, 0.1) is 0 Å². The molecule has 11 heteroatoms. The summed E-state index contributed by atoms with van der Waals surface area (Å²) in [6.07, 6.45) is -0.0597. The molecule has 0 aliphatic carbocycles. The lowest BCUT2D eigenvalue weighted by molar-refractivity contribution is -0.147. The fraction of sp³-hybridized carbons (Fsp3) is 0.357. The van der Waals surface area contributed by atoms with Crippen LogP contribution in [0.4, 0.5) is 13.2 Å². The normalized spacial score (nSPS) is 11.8. The molecule has 0 bridgehead atoms. The van der Waals surface area contributed by atoms with Crippen LogP contribution in [-0.2, 0) is 19.6 Å². The molecular formula is C14H13F3N6OS. The summed E-state index contributed by atoms with van der Waals surface area (Å²) < 4.78 is 44.1. The molecule has 0 fully saturated rings.